The van der Waals surface area contributed by atoms with Gasteiger partial charge in [-0.2, -0.15) is 4.98 Å². The maximum Gasteiger partial charge on any atom is 0.295 e. The predicted molar refractivity (Wildman–Crippen MR) is 110 cm³/mol. The number of fused-ring (bicyclic) bond motifs is 1. The second-order valence-electron chi connectivity index (χ2n) is 6.58. The van der Waals surface area contributed by atoms with Crippen LogP contribution in [0.4, 0.5) is 5.69 Å². The van der Waals surface area contributed by atoms with E-state index in [9.17, 15) is 4.79 Å². The molecule has 2 aromatic heterocycles. The predicted octanol–water partition coefficient (Wildman–Crippen LogP) is 4.45. The van der Waals surface area contributed by atoms with Gasteiger partial charge in [0.2, 0.25) is 5.82 Å². The maximum absolute atomic E-state index is 12.5. The van der Waals surface area contributed by atoms with E-state index in [4.69, 9.17) is 0 Å². The Morgan fingerprint density at radius 3 is 2.54 bits per heavy atom. The third-order valence-corrected chi connectivity index (χ3v) is 5.49. The number of anilines is 1. The number of carbonyl (C=O) groups is 1. The monoisotopic (exact) mass is 389 g/mol. The van der Waals surface area contributed by atoms with Crippen LogP contribution < -0.4 is 5.32 Å². The van der Waals surface area contributed by atoms with Gasteiger partial charge in [0.15, 0.2) is 0 Å². The zero-order chi connectivity index (χ0) is 19.7. The van der Waals surface area contributed by atoms with E-state index in [1.54, 1.807) is 22.5 Å². The number of rotatable bonds is 4. The lowest BCUT2D eigenvalue weighted by Gasteiger charge is -2.08. The molecule has 0 saturated carbocycles. The summed E-state index contributed by atoms with van der Waals surface area (Å²) in [6.07, 6.45) is 1.65. The van der Waals surface area contributed by atoms with Gasteiger partial charge in [-0.15, -0.1) is 5.10 Å². The van der Waals surface area contributed by atoms with Crippen molar-refractivity contribution < 1.29 is 4.79 Å². The first kappa shape index (κ1) is 18.2. The molecule has 0 fully saturated rings. The van der Waals surface area contributed by atoms with Gasteiger partial charge in [-0.05, 0) is 62.7 Å². The highest BCUT2D eigenvalue weighted by Gasteiger charge is 2.14. The zero-order valence-corrected chi connectivity index (χ0v) is 16.6. The first-order valence-electron chi connectivity index (χ1n) is 8.84. The summed E-state index contributed by atoms with van der Waals surface area (Å²) in [5, 5.41) is 7.06. The fraction of sp³-hybridized carbons (Fsp3) is 0.143. The van der Waals surface area contributed by atoms with Gasteiger partial charge >= 0.3 is 0 Å². The van der Waals surface area contributed by atoms with Crippen molar-refractivity contribution in [3.05, 3.63) is 77.4 Å². The Balaban J connectivity index is 1.47. The van der Waals surface area contributed by atoms with E-state index in [1.165, 1.54) is 16.0 Å². The quantitative estimate of drug-likeness (QED) is 0.558. The average Bonchev–Trinajstić information content (AvgIpc) is 3.11. The largest absolute Gasteiger partial charge is 0.319 e. The van der Waals surface area contributed by atoms with Crippen molar-refractivity contribution in [2.24, 2.45) is 0 Å². The van der Waals surface area contributed by atoms with Crippen LogP contribution in [-0.2, 0) is 0 Å². The van der Waals surface area contributed by atoms with Crippen molar-refractivity contribution in [2.45, 2.75) is 30.6 Å². The second-order valence-corrected chi connectivity index (χ2v) is 7.70. The van der Waals surface area contributed by atoms with Crippen molar-refractivity contribution in [2.75, 3.05) is 5.32 Å². The SMILES string of the molecule is Cc1ccc(Sc2ccc(NC(=O)c3nc4nccc(C)n4n3)cc2)c(C)c1. The van der Waals surface area contributed by atoms with Crippen LogP contribution in [0.3, 0.4) is 0 Å². The third-order valence-electron chi connectivity index (χ3n) is 4.30. The van der Waals surface area contributed by atoms with E-state index >= 15 is 0 Å². The van der Waals surface area contributed by atoms with Crippen molar-refractivity contribution in [1.82, 2.24) is 19.6 Å². The average molecular weight is 389 g/mol. The fourth-order valence-corrected chi connectivity index (χ4v) is 3.72. The summed E-state index contributed by atoms with van der Waals surface area (Å²) in [7, 11) is 0. The molecule has 140 valence electrons. The fourth-order valence-electron chi connectivity index (χ4n) is 2.84. The van der Waals surface area contributed by atoms with Crippen molar-refractivity contribution in [3.8, 4) is 0 Å². The highest BCUT2D eigenvalue weighted by Crippen LogP contribution is 2.31. The van der Waals surface area contributed by atoms with Gasteiger partial charge < -0.3 is 5.32 Å². The van der Waals surface area contributed by atoms with Crippen molar-refractivity contribution >= 4 is 29.1 Å². The van der Waals surface area contributed by atoms with Crippen LogP contribution in [0.1, 0.15) is 27.4 Å². The smallest absolute Gasteiger partial charge is 0.295 e. The second kappa shape index (κ2) is 7.44. The van der Waals surface area contributed by atoms with Gasteiger partial charge in [0.1, 0.15) is 0 Å². The topological polar surface area (TPSA) is 72.2 Å². The Kier molecular flexibility index (Phi) is 4.83. The van der Waals surface area contributed by atoms with Gasteiger partial charge in [0.05, 0.1) is 0 Å². The van der Waals surface area contributed by atoms with E-state index in [1.807, 2.05) is 37.3 Å². The maximum atomic E-state index is 12.5. The lowest BCUT2D eigenvalue weighted by molar-refractivity contribution is 0.101. The normalized spacial score (nSPS) is 11.0. The van der Waals surface area contributed by atoms with Crippen molar-refractivity contribution in [1.29, 1.82) is 0 Å². The number of carbonyl (C=O) groups excluding carboxylic acids is 1. The number of hydrogen-bond donors (Lipinski definition) is 1. The Morgan fingerprint density at radius 2 is 1.82 bits per heavy atom. The molecule has 4 rings (SSSR count). The molecular formula is C21H19N5OS. The highest BCUT2D eigenvalue weighted by molar-refractivity contribution is 7.99. The summed E-state index contributed by atoms with van der Waals surface area (Å²) in [5.74, 6) is 0.139. The van der Waals surface area contributed by atoms with E-state index in [-0.39, 0.29) is 11.7 Å². The standard InChI is InChI=1S/C21H19N5OS/c1-13-4-9-18(14(2)12-13)28-17-7-5-16(6-8-17)23-20(27)19-24-21-22-11-10-15(3)26(21)25-19/h4-12H,1-3H3,(H,23,27). The van der Waals surface area contributed by atoms with Crippen molar-refractivity contribution in [3.63, 3.8) is 0 Å². The van der Waals surface area contributed by atoms with E-state index < -0.39 is 0 Å². The molecule has 2 aromatic carbocycles. The van der Waals surface area contributed by atoms with Gasteiger partial charge in [-0.3, -0.25) is 4.79 Å². The van der Waals surface area contributed by atoms with Crippen LogP contribution >= 0.6 is 11.8 Å². The third kappa shape index (κ3) is 3.75. The summed E-state index contributed by atoms with van der Waals surface area (Å²) in [6, 6.07) is 16.0. The Bertz CT molecular complexity index is 1170. The Hall–Kier alpha value is -3.19. The van der Waals surface area contributed by atoms with Crippen LogP contribution in [-0.4, -0.2) is 25.5 Å². The molecule has 0 radical (unpaired) electrons. The van der Waals surface area contributed by atoms with E-state index in [2.05, 4.69) is 52.4 Å². The molecule has 28 heavy (non-hydrogen) atoms. The molecule has 2 heterocycles. The molecule has 4 aromatic rings. The lowest BCUT2D eigenvalue weighted by atomic mass is 10.2. The van der Waals surface area contributed by atoms with Gasteiger partial charge in [0, 0.05) is 27.4 Å². The number of aryl methyl sites for hydroxylation is 3. The Morgan fingerprint density at radius 1 is 1.04 bits per heavy atom. The van der Waals surface area contributed by atoms with Gasteiger partial charge in [0.25, 0.3) is 11.7 Å². The molecule has 0 unspecified atom stereocenters. The molecule has 0 atom stereocenters. The molecular weight excluding hydrogens is 370 g/mol. The number of aromatic nitrogens is 4. The van der Waals surface area contributed by atoms with Crippen LogP contribution in [0.25, 0.3) is 5.78 Å². The first-order valence-corrected chi connectivity index (χ1v) is 9.66. The lowest BCUT2D eigenvalue weighted by Crippen LogP contribution is -2.14. The Labute approximate surface area is 167 Å². The molecule has 0 bridgehead atoms. The minimum Gasteiger partial charge on any atom is -0.319 e. The number of nitrogens with zero attached hydrogens (tertiary/aromatic N) is 4. The molecule has 1 N–H and O–H groups in total. The molecule has 0 saturated heterocycles. The first-order chi connectivity index (χ1) is 13.5. The molecule has 0 aliphatic carbocycles. The van der Waals surface area contributed by atoms with E-state index in [0.29, 0.717) is 11.5 Å². The van der Waals surface area contributed by atoms with Gasteiger partial charge in [-0.25, -0.2) is 9.50 Å². The zero-order valence-electron chi connectivity index (χ0n) is 15.8. The molecule has 0 aliphatic rings. The van der Waals surface area contributed by atoms with E-state index in [0.717, 1.165) is 10.6 Å². The minimum atomic E-state index is -0.361. The van der Waals surface area contributed by atoms with Crippen LogP contribution in [0.2, 0.25) is 0 Å². The van der Waals surface area contributed by atoms with Crippen LogP contribution in [0, 0.1) is 20.8 Å². The molecule has 1 amide bonds. The summed E-state index contributed by atoms with van der Waals surface area (Å²) < 4.78 is 1.55. The molecule has 7 heteroatoms. The number of hydrogen-bond acceptors (Lipinski definition) is 5. The summed E-state index contributed by atoms with van der Waals surface area (Å²) in [6.45, 7) is 6.09. The summed E-state index contributed by atoms with van der Waals surface area (Å²) >= 11 is 1.70. The van der Waals surface area contributed by atoms with Crippen LogP contribution in [0.5, 0.6) is 0 Å². The molecule has 6 nitrogen and oxygen atoms in total. The number of nitrogens with one attached hydrogen (secondary N) is 1. The van der Waals surface area contributed by atoms with Gasteiger partial charge in [-0.1, -0.05) is 29.5 Å². The van der Waals surface area contributed by atoms with Crippen LogP contribution in [0.15, 0.2) is 64.5 Å². The number of amides is 1. The summed E-state index contributed by atoms with van der Waals surface area (Å²) in [5.41, 5.74) is 4.07. The summed E-state index contributed by atoms with van der Waals surface area (Å²) in [4.78, 5) is 23.1. The highest BCUT2D eigenvalue weighted by atomic mass is 32.2. The minimum absolute atomic E-state index is 0.0931. The number of benzene rings is 2. The molecule has 0 aliphatic heterocycles. The molecule has 0 spiro atoms.